The molecule has 0 aliphatic carbocycles. The molecule has 0 unspecified atom stereocenters. The summed E-state index contributed by atoms with van der Waals surface area (Å²) in [6.45, 7) is 13.5. The summed E-state index contributed by atoms with van der Waals surface area (Å²) >= 11 is 0. The van der Waals surface area contributed by atoms with Crippen LogP contribution < -0.4 is 0 Å². The normalized spacial score (nSPS) is 12.4. The first-order valence-electron chi connectivity index (χ1n) is 10.9. The number of benzene rings is 2. The third-order valence-corrected chi connectivity index (χ3v) is 7.53. The van der Waals surface area contributed by atoms with Crippen molar-refractivity contribution in [3.8, 4) is 34.8 Å². The average Bonchev–Trinajstić information content (AvgIpc) is 3.01. The second kappa shape index (κ2) is 13.0. The van der Waals surface area contributed by atoms with Gasteiger partial charge in [-0.3, -0.25) is 9.80 Å². The Balaban J connectivity index is 0.00000272. The molecule has 2 aromatic rings. The molecular formula is C26H32Cl2N2O2S. The molecule has 33 heavy (non-hydrogen) atoms. The summed E-state index contributed by atoms with van der Waals surface area (Å²) in [6.07, 6.45) is 0. The van der Waals surface area contributed by atoms with Gasteiger partial charge in [0.15, 0.2) is 0 Å². The monoisotopic (exact) mass is 506 g/mol. The van der Waals surface area contributed by atoms with Crippen LogP contribution in [0.3, 0.4) is 0 Å². The van der Waals surface area contributed by atoms with Crippen LogP contribution in [0, 0.1) is 23.7 Å². The highest BCUT2D eigenvalue weighted by atomic mass is 35.5. The zero-order valence-corrected chi connectivity index (χ0v) is 22.1. The topological polar surface area (TPSA) is 40.6 Å². The highest BCUT2D eigenvalue weighted by Gasteiger charge is 2.33. The lowest BCUT2D eigenvalue weighted by molar-refractivity contribution is 0.342. The first-order chi connectivity index (χ1) is 14.9. The minimum absolute atomic E-state index is 0. The van der Waals surface area contributed by atoms with Gasteiger partial charge < -0.3 is 0 Å². The van der Waals surface area contributed by atoms with Gasteiger partial charge in [0.2, 0.25) is 9.84 Å². The van der Waals surface area contributed by atoms with Crippen molar-refractivity contribution in [3.63, 3.8) is 0 Å². The van der Waals surface area contributed by atoms with Gasteiger partial charge >= 0.3 is 0 Å². The summed E-state index contributed by atoms with van der Waals surface area (Å²) in [6, 6.07) is 10.9. The third kappa shape index (κ3) is 6.54. The number of nitrogens with zero attached hydrogens (tertiary/aromatic N) is 2. The van der Waals surface area contributed by atoms with Crippen LogP contribution in [-0.4, -0.2) is 57.5 Å². The first-order valence-corrected chi connectivity index (χ1v) is 12.4. The summed E-state index contributed by atoms with van der Waals surface area (Å²) in [5, 5.41) is 0. The van der Waals surface area contributed by atoms with E-state index in [4.69, 9.17) is 0 Å². The summed E-state index contributed by atoms with van der Waals surface area (Å²) < 4.78 is 26.4. The Morgan fingerprint density at radius 3 is 1.36 bits per heavy atom. The fraction of sp³-hybridized carbons (Fsp3) is 0.385. The minimum Gasteiger partial charge on any atom is -0.293 e. The zero-order chi connectivity index (χ0) is 22.4. The van der Waals surface area contributed by atoms with E-state index in [-0.39, 0.29) is 24.8 Å². The Labute approximate surface area is 211 Å². The molecule has 0 amide bonds. The molecule has 0 fully saturated rings. The highest BCUT2D eigenvalue weighted by Crippen LogP contribution is 2.43. The Morgan fingerprint density at radius 1 is 0.667 bits per heavy atom. The Hall–Kier alpha value is -1.99. The molecule has 0 saturated carbocycles. The van der Waals surface area contributed by atoms with Crippen LogP contribution in [0.2, 0.25) is 0 Å². The maximum atomic E-state index is 13.2. The van der Waals surface area contributed by atoms with Gasteiger partial charge in [0, 0.05) is 22.3 Å². The van der Waals surface area contributed by atoms with E-state index in [1.807, 2.05) is 24.3 Å². The fourth-order valence-corrected chi connectivity index (χ4v) is 5.35. The standard InChI is InChI=1S/C26H30N2O2S.2ClH/c1-5-27(6-2)17-9-11-21-13-15-23-24-16-14-22(12-10-18-28(7-3)8-4)20-26(24)31(29,30)25(23)19-21;;/h13-16,19-20H,5-8,17-18H2,1-4H3;2*1H. The van der Waals surface area contributed by atoms with E-state index in [0.29, 0.717) is 22.9 Å². The van der Waals surface area contributed by atoms with E-state index in [1.165, 1.54) is 0 Å². The van der Waals surface area contributed by atoms with Crippen LogP contribution in [0.4, 0.5) is 0 Å². The van der Waals surface area contributed by atoms with E-state index < -0.39 is 9.84 Å². The molecule has 0 N–H and O–H groups in total. The first kappa shape index (κ1) is 29.0. The predicted molar refractivity (Wildman–Crippen MR) is 141 cm³/mol. The van der Waals surface area contributed by atoms with E-state index in [0.717, 1.165) is 48.4 Å². The van der Waals surface area contributed by atoms with Gasteiger partial charge in [-0.1, -0.05) is 63.5 Å². The van der Waals surface area contributed by atoms with Crippen molar-refractivity contribution in [3.05, 3.63) is 47.5 Å². The van der Waals surface area contributed by atoms with E-state index >= 15 is 0 Å². The van der Waals surface area contributed by atoms with Gasteiger partial charge in [-0.05, 0) is 50.4 Å². The molecule has 1 heterocycles. The van der Waals surface area contributed by atoms with Gasteiger partial charge in [-0.2, -0.15) is 0 Å². The fourth-order valence-electron chi connectivity index (χ4n) is 3.61. The third-order valence-electron chi connectivity index (χ3n) is 5.69. The van der Waals surface area contributed by atoms with Crippen LogP contribution in [0.5, 0.6) is 0 Å². The Morgan fingerprint density at radius 2 is 1.03 bits per heavy atom. The summed E-state index contributed by atoms with van der Waals surface area (Å²) in [5.41, 5.74) is 2.93. The minimum atomic E-state index is -3.57. The molecule has 1 aliphatic heterocycles. The van der Waals surface area contributed by atoms with Gasteiger partial charge in [0.05, 0.1) is 22.9 Å². The molecule has 0 aromatic heterocycles. The van der Waals surface area contributed by atoms with Crippen molar-refractivity contribution >= 4 is 34.7 Å². The lowest BCUT2D eigenvalue weighted by atomic mass is 10.0. The molecular weight excluding hydrogens is 475 g/mol. The van der Waals surface area contributed by atoms with Gasteiger partial charge in [-0.25, -0.2) is 8.42 Å². The summed E-state index contributed by atoms with van der Waals surface area (Å²) in [5.74, 6) is 12.5. The van der Waals surface area contributed by atoms with Crippen molar-refractivity contribution in [2.24, 2.45) is 0 Å². The van der Waals surface area contributed by atoms with Crippen molar-refractivity contribution in [2.75, 3.05) is 39.3 Å². The molecule has 178 valence electrons. The van der Waals surface area contributed by atoms with E-state index in [9.17, 15) is 8.42 Å². The second-order valence-corrected chi connectivity index (χ2v) is 9.34. The van der Waals surface area contributed by atoms with Gasteiger partial charge in [0.25, 0.3) is 0 Å². The van der Waals surface area contributed by atoms with Gasteiger partial charge in [-0.15, -0.1) is 24.8 Å². The van der Waals surface area contributed by atoms with Gasteiger partial charge in [0.1, 0.15) is 0 Å². The quantitative estimate of drug-likeness (QED) is 0.453. The van der Waals surface area contributed by atoms with Crippen LogP contribution in [0.1, 0.15) is 38.8 Å². The van der Waals surface area contributed by atoms with Crippen molar-refractivity contribution in [1.82, 2.24) is 9.80 Å². The predicted octanol–water partition coefficient (Wildman–Crippen LogP) is 4.73. The zero-order valence-electron chi connectivity index (χ0n) is 19.6. The van der Waals surface area contributed by atoms with Crippen LogP contribution in [0.25, 0.3) is 11.1 Å². The molecule has 3 rings (SSSR count). The van der Waals surface area contributed by atoms with E-state index in [1.54, 1.807) is 12.1 Å². The number of sulfone groups is 1. The van der Waals surface area contributed by atoms with Crippen LogP contribution in [0.15, 0.2) is 46.2 Å². The highest BCUT2D eigenvalue weighted by molar-refractivity contribution is 7.92. The smallest absolute Gasteiger partial charge is 0.207 e. The maximum absolute atomic E-state index is 13.2. The molecule has 2 aromatic carbocycles. The second-order valence-electron chi connectivity index (χ2n) is 7.45. The lowest BCUT2D eigenvalue weighted by Crippen LogP contribution is -2.22. The number of halogens is 2. The Bertz CT molecular complexity index is 1090. The molecule has 0 spiro atoms. The molecule has 7 heteroatoms. The molecule has 0 radical (unpaired) electrons. The molecule has 0 saturated heterocycles. The van der Waals surface area contributed by atoms with Crippen molar-refractivity contribution in [1.29, 1.82) is 0 Å². The summed E-state index contributed by atoms with van der Waals surface area (Å²) in [7, 11) is -3.57. The number of rotatable bonds is 6. The average molecular weight is 508 g/mol. The van der Waals surface area contributed by atoms with Crippen molar-refractivity contribution < 1.29 is 8.42 Å². The molecule has 0 atom stereocenters. The SMILES string of the molecule is CCN(CC)CC#Cc1ccc2c(c1)S(=O)(=O)c1cc(C#CCN(CC)CC)ccc1-2.Cl.Cl. The lowest BCUT2D eigenvalue weighted by Gasteiger charge is -2.13. The largest absolute Gasteiger partial charge is 0.293 e. The molecule has 1 aliphatic rings. The Kier molecular flexibility index (Phi) is 11.5. The number of hydrogen-bond acceptors (Lipinski definition) is 4. The number of fused-ring (bicyclic) bond motifs is 3. The summed E-state index contributed by atoms with van der Waals surface area (Å²) in [4.78, 5) is 5.11. The van der Waals surface area contributed by atoms with Crippen LogP contribution >= 0.6 is 24.8 Å². The molecule has 0 bridgehead atoms. The number of hydrogen-bond donors (Lipinski definition) is 0. The maximum Gasteiger partial charge on any atom is 0.207 e. The van der Waals surface area contributed by atoms with Crippen molar-refractivity contribution in [2.45, 2.75) is 37.5 Å². The van der Waals surface area contributed by atoms with Crippen LogP contribution in [-0.2, 0) is 9.84 Å². The van der Waals surface area contributed by atoms with E-state index in [2.05, 4.69) is 61.2 Å². The molecule has 4 nitrogen and oxygen atoms in total.